The number of hydrogen-bond donors (Lipinski definition) is 1. The normalized spacial score (nSPS) is 17.3. The van der Waals surface area contributed by atoms with Gasteiger partial charge in [-0.25, -0.2) is 0 Å². The fourth-order valence-electron chi connectivity index (χ4n) is 3.78. The van der Waals surface area contributed by atoms with Crippen molar-refractivity contribution in [3.63, 3.8) is 0 Å². The van der Waals surface area contributed by atoms with Gasteiger partial charge in [0.2, 0.25) is 11.8 Å². The van der Waals surface area contributed by atoms with Crippen molar-refractivity contribution in [2.45, 2.75) is 51.9 Å². The molecule has 146 valence electrons. The number of nitrogens with one attached hydrogen (secondary N) is 1. The van der Waals surface area contributed by atoms with Crippen LogP contribution in [0.4, 0.5) is 5.69 Å². The fraction of sp³-hybridized carbons (Fsp3) is 0.571. The molecule has 1 aromatic rings. The number of carbonyl (C=O) groups is 3. The largest absolute Gasteiger partial charge is 0.343 e. The fourth-order valence-corrected chi connectivity index (χ4v) is 3.78. The van der Waals surface area contributed by atoms with Crippen molar-refractivity contribution < 1.29 is 14.4 Å². The van der Waals surface area contributed by atoms with Crippen LogP contribution in [0.15, 0.2) is 18.2 Å². The first-order valence-corrected chi connectivity index (χ1v) is 10.0. The van der Waals surface area contributed by atoms with Crippen LogP contribution in [0.25, 0.3) is 0 Å². The average Bonchev–Trinajstić information content (AvgIpc) is 3.19. The topological polar surface area (TPSA) is 69.7 Å². The van der Waals surface area contributed by atoms with E-state index < -0.39 is 0 Å². The molecule has 6 heteroatoms. The van der Waals surface area contributed by atoms with Crippen LogP contribution in [-0.4, -0.2) is 53.7 Å². The first-order chi connectivity index (χ1) is 13.0. The summed E-state index contributed by atoms with van der Waals surface area (Å²) in [6, 6.07) is 5.45. The number of benzene rings is 1. The van der Waals surface area contributed by atoms with Gasteiger partial charge in [-0.2, -0.15) is 0 Å². The highest BCUT2D eigenvalue weighted by Crippen LogP contribution is 2.20. The lowest BCUT2D eigenvalue weighted by atomic mass is 10.1. The van der Waals surface area contributed by atoms with E-state index in [4.69, 9.17) is 0 Å². The second-order valence-electron chi connectivity index (χ2n) is 7.52. The molecule has 3 amide bonds. The third-order valence-electron chi connectivity index (χ3n) is 5.39. The zero-order valence-corrected chi connectivity index (χ0v) is 16.1. The first kappa shape index (κ1) is 19.4. The zero-order chi connectivity index (χ0) is 19.2. The van der Waals surface area contributed by atoms with E-state index in [1.165, 1.54) is 0 Å². The van der Waals surface area contributed by atoms with Crippen molar-refractivity contribution in [3.05, 3.63) is 29.3 Å². The number of carbonyl (C=O) groups excluding carboxylic acids is 3. The van der Waals surface area contributed by atoms with Crippen molar-refractivity contribution in [1.29, 1.82) is 0 Å². The molecule has 0 unspecified atom stereocenters. The number of likely N-dealkylation sites (tertiary alicyclic amines) is 2. The van der Waals surface area contributed by atoms with Gasteiger partial charge in [0.25, 0.3) is 5.91 Å². The highest BCUT2D eigenvalue weighted by molar-refractivity contribution is 5.96. The molecule has 2 heterocycles. The molecule has 1 N–H and O–H groups in total. The Morgan fingerprint density at radius 2 is 1.81 bits per heavy atom. The van der Waals surface area contributed by atoms with Gasteiger partial charge >= 0.3 is 0 Å². The second kappa shape index (κ2) is 9.02. The van der Waals surface area contributed by atoms with E-state index in [2.05, 4.69) is 5.32 Å². The SMILES string of the molecule is Cc1cc(C(=O)N2CCCC2)ccc1NC(=O)CCCN1CCCCC1=O. The van der Waals surface area contributed by atoms with Gasteiger partial charge in [-0.15, -0.1) is 0 Å². The summed E-state index contributed by atoms with van der Waals surface area (Å²) in [6.07, 6.45) is 5.86. The van der Waals surface area contributed by atoms with Gasteiger partial charge in [-0.05, 0) is 62.8 Å². The second-order valence-corrected chi connectivity index (χ2v) is 7.52. The van der Waals surface area contributed by atoms with E-state index in [1.807, 2.05) is 28.9 Å². The minimum atomic E-state index is -0.0545. The van der Waals surface area contributed by atoms with Gasteiger partial charge in [0.1, 0.15) is 0 Å². The maximum Gasteiger partial charge on any atom is 0.253 e. The molecule has 0 spiro atoms. The van der Waals surface area contributed by atoms with Crippen LogP contribution in [0, 0.1) is 6.92 Å². The number of rotatable bonds is 6. The molecule has 0 aliphatic carbocycles. The lowest BCUT2D eigenvalue weighted by Crippen LogP contribution is -2.36. The van der Waals surface area contributed by atoms with Gasteiger partial charge in [0, 0.05) is 50.3 Å². The maximum atomic E-state index is 12.5. The number of hydrogen-bond acceptors (Lipinski definition) is 3. The monoisotopic (exact) mass is 371 g/mol. The molecule has 2 saturated heterocycles. The smallest absolute Gasteiger partial charge is 0.253 e. The van der Waals surface area contributed by atoms with Crippen LogP contribution in [0.5, 0.6) is 0 Å². The Morgan fingerprint density at radius 1 is 1.07 bits per heavy atom. The maximum absolute atomic E-state index is 12.5. The predicted octanol–water partition coefficient (Wildman–Crippen LogP) is 2.96. The van der Waals surface area contributed by atoms with E-state index in [-0.39, 0.29) is 17.7 Å². The molecule has 0 saturated carbocycles. The Morgan fingerprint density at radius 3 is 2.52 bits per heavy atom. The van der Waals surface area contributed by atoms with Gasteiger partial charge in [-0.1, -0.05) is 0 Å². The van der Waals surface area contributed by atoms with Crippen LogP contribution >= 0.6 is 0 Å². The molecule has 0 bridgehead atoms. The summed E-state index contributed by atoms with van der Waals surface area (Å²) in [7, 11) is 0. The van der Waals surface area contributed by atoms with Crippen LogP contribution < -0.4 is 5.32 Å². The van der Waals surface area contributed by atoms with Gasteiger partial charge in [0.05, 0.1) is 0 Å². The van der Waals surface area contributed by atoms with Gasteiger partial charge < -0.3 is 15.1 Å². The number of aryl methyl sites for hydroxylation is 1. The molecule has 2 fully saturated rings. The number of piperidine rings is 1. The van der Waals surface area contributed by atoms with Crippen LogP contribution in [0.1, 0.15) is 60.9 Å². The average molecular weight is 371 g/mol. The number of amides is 3. The molecule has 1 aromatic carbocycles. The first-order valence-electron chi connectivity index (χ1n) is 10.0. The summed E-state index contributed by atoms with van der Waals surface area (Å²) in [5.74, 6) is 0.219. The van der Waals surface area contributed by atoms with Crippen molar-refractivity contribution in [3.8, 4) is 0 Å². The minimum Gasteiger partial charge on any atom is -0.343 e. The van der Waals surface area contributed by atoms with Crippen molar-refractivity contribution in [2.75, 3.05) is 31.5 Å². The van der Waals surface area contributed by atoms with Crippen LogP contribution in [0.2, 0.25) is 0 Å². The van der Waals surface area contributed by atoms with E-state index in [0.717, 1.165) is 56.6 Å². The molecule has 6 nitrogen and oxygen atoms in total. The number of nitrogens with zero attached hydrogens (tertiary/aromatic N) is 2. The highest BCUT2D eigenvalue weighted by atomic mass is 16.2. The Bertz CT molecular complexity index is 711. The minimum absolute atomic E-state index is 0.0545. The van der Waals surface area contributed by atoms with Gasteiger partial charge in [0.15, 0.2) is 0 Å². The van der Waals surface area contributed by atoms with E-state index in [9.17, 15) is 14.4 Å². The highest BCUT2D eigenvalue weighted by Gasteiger charge is 2.20. The molecule has 3 rings (SSSR count). The lowest BCUT2D eigenvalue weighted by Gasteiger charge is -2.26. The molecule has 0 aromatic heterocycles. The van der Waals surface area contributed by atoms with Crippen molar-refractivity contribution >= 4 is 23.4 Å². The van der Waals surface area contributed by atoms with E-state index in [1.54, 1.807) is 6.07 Å². The summed E-state index contributed by atoms with van der Waals surface area (Å²) in [6.45, 7) is 5.02. The molecule has 27 heavy (non-hydrogen) atoms. The standard InChI is InChI=1S/C21H29N3O3/c1-16-15-17(21(27)24-12-4-5-13-24)9-10-18(16)22-19(25)7-6-14-23-11-3-2-8-20(23)26/h9-10,15H,2-8,11-14H2,1H3,(H,22,25). The summed E-state index contributed by atoms with van der Waals surface area (Å²) >= 11 is 0. The van der Waals surface area contributed by atoms with E-state index >= 15 is 0 Å². The molecule has 2 aliphatic rings. The summed E-state index contributed by atoms with van der Waals surface area (Å²) < 4.78 is 0. The van der Waals surface area contributed by atoms with Crippen LogP contribution in [0.3, 0.4) is 0 Å². The molecule has 0 atom stereocenters. The predicted molar refractivity (Wildman–Crippen MR) is 105 cm³/mol. The summed E-state index contributed by atoms with van der Waals surface area (Å²) in [5.41, 5.74) is 2.31. The Kier molecular flexibility index (Phi) is 6.48. The lowest BCUT2D eigenvalue weighted by molar-refractivity contribution is -0.133. The Hall–Kier alpha value is -2.37. The zero-order valence-electron chi connectivity index (χ0n) is 16.1. The number of anilines is 1. The quantitative estimate of drug-likeness (QED) is 0.836. The van der Waals surface area contributed by atoms with Crippen molar-refractivity contribution in [1.82, 2.24) is 9.80 Å². The molecular formula is C21H29N3O3. The Balaban J connectivity index is 1.48. The third-order valence-corrected chi connectivity index (χ3v) is 5.39. The van der Waals surface area contributed by atoms with Crippen LogP contribution in [-0.2, 0) is 9.59 Å². The molecular weight excluding hydrogens is 342 g/mol. The van der Waals surface area contributed by atoms with Crippen molar-refractivity contribution in [2.24, 2.45) is 0 Å². The summed E-state index contributed by atoms with van der Waals surface area (Å²) in [5, 5.41) is 2.93. The molecule has 0 radical (unpaired) electrons. The Labute approximate surface area is 160 Å². The van der Waals surface area contributed by atoms with E-state index in [0.29, 0.717) is 31.4 Å². The molecule has 2 aliphatic heterocycles. The summed E-state index contributed by atoms with van der Waals surface area (Å²) in [4.78, 5) is 40.2. The third kappa shape index (κ3) is 5.08. The van der Waals surface area contributed by atoms with Gasteiger partial charge in [-0.3, -0.25) is 14.4 Å².